The second kappa shape index (κ2) is 5.64. The van der Waals surface area contributed by atoms with Crippen molar-refractivity contribution in [3.05, 3.63) is 46.7 Å². The molecule has 1 aromatic rings. The van der Waals surface area contributed by atoms with Gasteiger partial charge in [0.2, 0.25) is 0 Å². The van der Waals surface area contributed by atoms with Gasteiger partial charge < -0.3 is 0 Å². The number of rotatable bonds is 4. The van der Waals surface area contributed by atoms with Crippen molar-refractivity contribution < 1.29 is 4.39 Å². The molecule has 15 heavy (non-hydrogen) atoms. The van der Waals surface area contributed by atoms with Gasteiger partial charge >= 0.3 is 0 Å². The topological polar surface area (TPSA) is 35.8 Å². The van der Waals surface area contributed by atoms with Crippen LogP contribution in [-0.2, 0) is 0 Å². The van der Waals surface area contributed by atoms with Gasteiger partial charge in [-0.05, 0) is 33.6 Å². The Labute approximate surface area is 96.5 Å². The van der Waals surface area contributed by atoms with Crippen LogP contribution < -0.4 is 5.32 Å². The molecule has 1 rings (SSSR count). The smallest absolute Gasteiger partial charge is 0.137 e. The normalized spacial score (nSPS) is 11.8. The number of nitrogens with zero attached hydrogens (tertiary/aromatic N) is 1. The molecular weight excluding hydrogens is 259 g/mol. The Balaban J connectivity index is 2.88. The molecule has 0 aromatic heterocycles. The van der Waals surface area contributed by atoms with Gasteiger partial charge in [-0.3, -0.25) is 5.32 Å². The maximum Gasteiger partial charge on any atom is 0.137 e. The summed E-state index contributed by atoms with van der Waals surface area (Å²) < 4.78 is 13.3. The minimum atomic E-state index is -0.445. The minimum absolute atomic E-state index is 0.334. The Morgan fingerprint density at radius 3 is 2.93 bits per heavy atom. The van der Waals surface area contributed by atoms with Crippen LogP contribution in [-0.4, -0.2) is 6.54 Å². The van der Waals surface area contributed by atoms with Crippen LogP contribution >= 0.6 is 15.9 Å². The van der Waals surface area contributed by atoms with Crippen LogP contribution in [0.3, 0.4) is 0 Å². The van der Waals surface area contributed by atoms with E-state index < -0.39 is 6.04 Å². The lowest BCUT2D eigenvalue weighted by molar-refractivity contribution is 0.616. The van der Waals surface area contributed by atoms with Crippen LogP contribution in [0.1, 0.15) is 11.6 Å². The number of halogens is 2. The molecule has 4 heteroatoms. The Morgan fingerprint density at radius 1 is 1.67 bits per heavy atom. The molecule has 0 bridgehead atoms. The Morgan fingerprint density at radius 2 is 2.40 bits per heavy atom. The standard InChI is InChI=1S/C11H10BrFN2/c1-2-5-15-11(7-14)8-3-4-10(13)9(12)6-8/h2-4,6,11,15H,1,5H2. The van der Waals surface area contributed by atoms with Crippen molar-refractivity contribution in [2.24, 2.45) is 0 Å². The molecule has 0 aliphatic heterocycles. The van der Waals surface area contributed by atoms with Gasteiger partial charge in [-0.2, -0.15) is 5.26 Å². The molecule has 0 aliphatic rings. The first-order valence-corrected chi connectivity index (χ1v) is 5.17. The van der Waals surface area contributed by atoms with E-state index in [1.807, 2.05) is 0 Å². The SMILES string of the molecule is C=CCNC(C#N)c1ccc(F)c(Br)c1. The quantitative estimate of drug-likeness (QED) is 0.853. The van der Waals surface area contributed by atoms with Crippen molar-refractivity contribution in [3.63, 3.8) is 0 Å². The number of benzene rings is 1. The molecule has 0 aliphatic carbocycles. The summed E-state index contributed by atoms with van der Waals surface area (Å²) in [7, 11) is 0. The van der Waals surface area contributed by atoms with Gasteiger partial charge in [0.25, 0.3) is 0 Å². The van der Waals surface area contributed by atoms with Crippen LogP contribution in [0.15, 0.2) is 35.3 Å². The second-order valence-corrected chi connectivity index (χ2v) is 3.79. The van der Waals surface area contributed by atoms with Gasteiger partial charge in [-0.25, -0.2) is 4.39 Å². The molecule has 1 aromatic carbocycles. The third kappa shape index (κ3) is 3.15. The van der Waals surface area contributed by atoms with E-state index in [1.54, 1.807) is 18.2 Å². The molecule has 0 heterocycles. The predicted molar refractivity (Wildman–Crippen MR) is 60.7 cm³/mol. The third-order valence-electron chi connectivity index (χ3n) is 1.87. The van der Waals surface area contributed by atoms with Crippen LogP contribution in [0.5, 0.6) is 0 Å². The first-order chi connectivity index (χ1) is 7.19. The van der Waals surface area contributed by atoms with Gasteiger partial charge in [-0.1, -0.05) is 12.1 Å². The number of hydrogen-bond acceptors (Lipinski definition) is 2. The zero-order valence-electron chi connectivity index (χ0n) is 8.00. The van der Waals surface area contributed by atoms with Gasteiger partial charge in [0.1, 0.15) is 11.9 Å². The summed E-state index contributed by atoms with van der Waals surface area (Å²) in [6.07, 6.45) is 1.67. The van der Waals surface area contributed by atoms with E-state index in [2.05, 4.69) is 33.9 Å². The summed E-state index contributed by atoms with van der Waals surface area (Å²) in [5.41, 5.74) is 0.729. The summed E-state index contributed by atoms with van der Waals surface area (Å²) >= 11 is 3.08. The molecule has 0 saturated heterocycles. The van der Waals surface area contributed by atoms with E-state index in [4.69, 9.17) is 5.26 Å². The first kappa shape index (κ1) is 11.9. The van der Waals surface area contributed by atoms with Crippen molar-refractivity contribution in [1.82, 2.24) is 5.32 Å². The number of hydrogen-bond donors (Lipinski definition) is 1. The fraction of sp³-hybridized carbons (Fsp3) is 0.182. The highest BCUT2D eigenvalue weighted by Crippen LogP contribution is 2.20. The van der Waals surface area contributed by atoms with Crippen LogP contribution in [0.25, 0.3) is 0 Å². The lowest BCUT2D eigenvalue weighted by Crippen LogP contribution is -2.19. The molecule has 1 N–H and O–H groups in total. The maximum absolute atomic E-state index is 13.0. The van der Waals surface area contributed by atoms with Crippen LogP contribution in [0.2, 0.25) is 0 Å². The molecule has 0 fully saturated rings. The van der Waals surface area contributed by atoms with Crippen LogP contribution in [0, 0.1) is 17.1 Å². The van der Waals surface area contributed by atoms with E-state index in [9.17, 15) is 4.39 Å². The van der Waals surface area contributed by atoms with E-state index in [-0.39, 0.29) is 5.82 Å². The largest absolute Gasteiger partial charge is 0.295 e. The molecular formula is C11H10BrFN2. The lowest BCUT2D eigenvalue weighted by Gasteiger charge is -2.10. The predicted octanol–water partition coefficient (Wildman–Crippen LogP) is 2.93. The van der Waals surface area contributed by atoms with Crippen molar-refractivity contribution in [1.29, 1.82) is 5.26 Å². The maximum atomic E-state index is 13.0. The number of nitriles is 1. The van der Waals surface area contributed by atoms with Gasteiger partial charge in [-0.15, -0.1) is 6.58 Å². The Bertz CT molecular complexity index is 398. The summed E-state index contributed by atoms with van der Waals surface area (Å²) in [5.74, 6) is -0.334. The molecule has 1 unspecified atom stereocenters. The summed E-state index contributed by atoms with van der Waals surface area (Å²) in [5, 5.41) is 11.9. The lowest BCUT2D eigenvalue weighted by atomic mass is 10.1. The highest BCUT2D eigenvalue weighted by molar-refractivity contribution is 9.10. The van der Waals surface area contributed by atoms with Gasteiger partial charge in [0.05, 0.1) is 10.5 Å². The van der Waals surface area contributed by atoms with E-state index in [0.717, 1.165) is 5.56 Å². The average molecular weight is 269 g/mol. The number of nitrogens with one attached hydrogen (secondary N) is 1. The molecule has 0 radical (unpaired) electrons. The third-order valence-corrected chi connectivity index (χ3v) is 2.48. The molecule has 78 valence electrons. The molecule has 2 nitrogen and oxygen atoms in total. The average Bonchev–Trinajstić information content (AvgIpc) is 2.24. The Kier molecular flexibility index (Phi) is 4.47. The van der Waals surface area contributed by atoms with E-state index >= 15 is 0 Å². The summed E-state index contributed by atoms with van der Waals surface area (Å²) in [4.78, 5) is 0. The van der Waals surface area contributed by atoms with Crippen molar-refractivity contribution >= 4 is 15.9 Å². The van der Waals surface area contributed by atoms with Gasteiger partial charge in [0.15, 0.2) is 0 Å². The highest BCUT2D eigenvalue weighted by atomic mass is 79.9. The highest BCUT2D eigenvalue weighted by Gasteiger charge is 2.10. The monoisotopic (exact) mass is 268 g/mol. The minimum Gasteiger partial charge on any atom is -0.295 e. The summed E-state index contributed by atoms with van der Waals surface area (Å²) in [6.45, 7) is 4.09. The van der Waals surface area contributed by atoms with E-state index in [0.29, 0.717) is 11.0 Å². The zero-order valence-corrected chi connectivity index (χ0v) is 9.59. The zero-order chi connectivity index (χ0) is 11.3. The molecule has 0 saturated carbocycles. The fourth-order valence-corrected chi connectivity index (χ4v) is 1.53. The van der Waals surface area contributed by atoms with Crippen LogP contribution in [0.4, 0.5) is 4.39 Å². The van der Waals surface area contributed by atoms with E-state index in [1.165, 1.54) is 6.07 Å². The first-order valence-electron chi connectivity index (χ1n) is 4.38. The van der Waals surface area contributed by atoms with Crippen molar-refractivity contribution in [3.8, 4) is 6.07 Å². The molecule has 1 atom stereocenters. The molecule has 0 spiro atoms. The summed E-state index contributed by atoms with van der Waals surface area (Å²) in [6, 6.07) is 6.17. The van der Waals surface area contributed by atoms with Crippen molar-refractivity contribution in [2.45, 2.75) is 6.04 Å². The molecule has 0 amide bonds. The van der Waals surface area contributed by atoms with Crippen molar-refractivity contribution in [2.75, 3.05) is 6.54 Å². The fourth-order valence-electron chi connectivity index (χ4n) is 1.13. The van der Waals surface area contributed by atoms with Gasteiger partial charge in [0, 0.05) is 6.54 Å². The Hall–Kier alpha value is -1.18. The second-order valence-electron chi connectivity index (χ2n) is 2.93.